The standard InChI is InChI=1S/C47H30N2O2/c1-3-13-32(14-4-1)38-20-9-10-22-41(38)49(35-27-25-33(26-28-35)37-21-11-18-31-15-7-8-19-36(31)37)42-23-12-24-43-46(42)39-29-45-40(30-44(39)50-43)48-47(51-45)34-16-5-2-6-17-34/h1-30H. The van der Waals surface area contributed by atoms with E-state index in [0.29, 0.717) is 5.89 Å². The molecule has 0 aliphatic heterocycles. The first kappa shape index (κ1) is 29.0. The Balaban J connectivity index is 1.19. The summed E-state index contributed by atoms with van der Waals surface area (Å²) >= 11 is 0. The van der Waals surface area contributed by atoms with Gasteiger partial charge in [0.15, 0.2) is 5.58 Å². The van der Waals surface area contributed by atoms with E-state index in [4.69, 9.17) is 13.8 Å². The first-order valence-electron chi connectivity index (χ1n) is 17.1. The number of hydrogen-bond acceptors (Lipinski definition) is 4. The summed E-state index contributed by atoms with van der Waals surface area (Å²) in [5, 5.41) is 4.45. The van der Waals surface area contributed by atoms with Crippen molar-refractivity contribution >= 4 is 60.9 Å². The van der Waals surface area contributed by atoms with Crippen molar-refractivity contribution in [3.63, 3.8) is 0 Å². The van der Waals surface area contributed by atoms with E-state index in [1.807, 2.05) is 42.5 Å². The molecule has 51 heavy (non-hydrogen) atoms. The maximum atomic E-state index is 6.56. The number of aromatic nitrogens is 1. The second kappa shape index (κ2) is 11.9. The van der Waals surface area contributed by atoms with Gasteiger partial charge in [-0.15, -0.1) is 0 Å². The van der Waals surface area contributed by atoms with Gasteiger partial charge in [-0.3, -0.25) is 0 Å². The van der Waals surface area contributed by atoms with Crippen LogP contribution in [0.2, 0.25) is 0 Å². The van der Waals surface area contributed by atoms with Gasteiger partial charge in [-0.25, -0.2) is 4.98 Å². The number of benzene rings is 8. The largest absolute Gasteiger partial charge is 0.456 e. The van der Waals surface area contributed by atoms with Crippen molar-refractivity contribution in [1.29, 1.82) is 0 Å². The molecule has 10 aromatic rings. The smallest absolute Gasteiger partial charge is 0.227 e. The molecule has 0 saturated carbocycles. The van der Waals surface area contributed by atoms with Crippen LogP contribution >= 0.6 is 0 Å². The molecular formula is C47H30N2O2. The minimum Gasteiger partial charge on any atom is -0.456 e. The molecule has 0 radical (unpaired) electrons. The molecule has 4 nitrogen and oxygen atoms in total. The highest BCUT2D eigenvalue weighted by Gasteiger charge is 2.23. The summed E-state index contributed by atoms with van der Waals surface area (Å²) in [6.07, 6.45) is 0. The van der Waals surface area contributed by atoms with Crippen LogP contribution < -0.4 is 4.90 Å². The fourth-order valence-corrected chi connectivity index (χ4v) is 7.32. The third-order valence-corrected chi connectivity index (χ3v) is 9.70. The zero-order valence-electron chi connectivity index (χ0n) is 27.5. The van der Waals surface area contributed by atoms with E-state index in [0.717, 1.165) is 66.8 Å². The maximum absolute atomic E-state index is 6.56. The lowest BCUT2D eigenvalue weighted by atomic mass is 9.97. The average Bonchev–Trinajstić information content (AvgIpc) is 3.79. The third kappa shape index (κ3) is 4.96. The number of rotatable bonds is 6. The van der Waals surface area contributed by atoms with Gasteiger partial charge in [0.05, 0.1) is 16.8 Å². The first-order valence-corrected chi connectivity index (χ1v) is 17.1. The first-order chi connectivity index (χ1) is 25.3. The Morgan fingerprint density at radius 1 is 0.412 bits per heavy atom. The number of furan rings is 1. The molecule has 0 bridgehead atoms. The van der Waals surface area contributed by atoms with Gasteiger partial charge in [0.1, 0.15) is 16.7 Å². The molecular weight excluding hydrogens is 625 g/mol. The number of nitrogens with zero attached hydrogens (tertiary/aromatic N) is 2. The number of fused-ring (bicyclic) bond motifs is 5. The van der Waals surface area contributed by atoms with Crippen LogP contribution in [0.15, 0.2) is 191 Å². The van der Waals surface area contributed by atoms with Crippen molar-refractivity contribution in [3.05, 3.63) is 182 Å². The highest BCUT2D eigenvalue weighted by Crippen LogP contribution is 2.47. The van der Waals surface area contributed by atoms with Crippen LogP contribution in [0.3, 0.4) is 0 Å². The van der Waals surface area contributed by atoms with Crippen molar-refractivity contribution in [2.24, 2.45) is 0 Å². The summed E-state index contributed by atoms with van der Waals surface area (Å²) in [4.78, 5) is 7.17. The molecule has 10 rings (SSSR count). The van der Waals surface area contributed by atoms with Crippen molar-refractivity contribution in [1.82, 2.24) is 4.98 Å². The van der Waals surface area contributed by atoms with Gasteiger partial charge in [0.2, 0.25) is 5.89 Å². The lowest BCUT2D eigenvalue weighted by Crippen LogP contribution is -2.11. The van der Waals surface area contributed by atoms with E-state index in [9.17, 15) is 0 Å². The lowest BCUT2D eigenvalue weighted by molar-refractivity contribution is 0.620. The van der Waals surface area contributed by atoms with Gasteiger partial charge in [-0.05, 0) is 76.0 Å². The van der Waals surface area contributed by atoms with E-state index in [2.05, 4.69) is 144 Å². The highest BCUT2D eigenvalue weighted by molar-refractivity contribution is 6.16. The third-order valence-electron chi connectivity index (χ3n) is 9.70. The monoisotopic (exact) mass is 654 g/mol. The van der Waals surface area contributed by atoms with E-state index in [-0.39, 0.29) is 0 Å². The van der Waals surface area contributed by atoms with Gasteiger partial charge in [0.25, 0.3) is 0 Å². The zero-order valence-corrected chi connectivity index (χ0v) is 27.5. The Labute approximate surface area is 294 Å². The van der Waals surface area contributed by atoms with Gasteiger partial charge in [0, 0.05) is 28.3 Å². The SMILES string of the molecule is c1ccc(-c2nc3cc4oc5cccc(N(c6ccc(-c7cccc8ccccc78)cc6)c6ccccc6-c6ccccc6)c5c4cc3o2)cc1. The van der Waals surface area contributed by atoms with Crippen LogP contribution in [-0.2, 0) is 0 Å². The van der Waals surface area contributed by atoms with Crippen molar-refractivity contribution in [3.8, 4) is 33.7 Å². The highest BCUT2D eigenvalue weighted by atomic mass is 16.4. The van der Waals surface area contributed by atoms with E-state index >= 15 is 0 Å². The summed E-state index contributed by atoms with van der Waals surface area (Å²) in [5.41, 5.74) is 11.7. The Hall–Kier alpha value is -6.91. The van der Waals surface area contributed by atoms with Gasteiger partial charge in [-0.1, -0.05) is 127 Å². The fourth-order valence-electron chi connectivity index (χ4n) is 7.32. The number of anilines is 3. The summed E-state index contributed by atoms with van der Waals surface area (Å²) in [6.45, 7) is 0. The summed E-state index contributed by atoms with van der Waals surface area (Å²) in [6, 6.07) is 63.5. The zero-order chi connectivity index (χ0) is 33.7. The molecule has 0 aliphatic carbocycles. The number of hydrogen-bond donors (Lipinski definition) is 0. The van der Waals surface area contributed by atoms with Crippen molar-refractivity contribution in [2.75, 3.05) is 4.90 Å². The number of oxazole rings is 1. The van der Waals surface area contributed by atoms with Crippen LogP contribution in [-0.4, -0.2) is 4.98 Å². The molecule has 2 heterocycles. The molecule has 0 fully saturated rings. The minimum atomic E-state index is 0.590. The van der Waals surface area contributed by atoms with Gasteiger partial charge >= 0.3 is 0 Å². The summed E-state index contributed by atoms with van der Waals surface area (Å²) in [5.74, 6) is 0.590. The molecule has 4 heteroatoms. The second-order valence-corrected chi connectivity index (χ2v) is 12.7. The summed E-state index contributed by atoms with van der Waals surface area (Å²) < 4.78 is 12.9. The fraction of sp³-hybridized carbons (Fsp3) is 0. The normalized spacial score (nSPS) is 11.5. The van der Waals surface area contributed by atoms with Crippen molar-refractivity contribution < 1.29 is 8.83 Å². The Kier molecular flexibility index (Phi) is 6.78. The van der Waals surface area contributed by atoms with Gasteiger partial charge in [-0.2, -0.15) is 0 Å². The van der Waals surface area contributed by atoms with E-state index < -0.39 is 0 Å². The molecule has 8 aromatic carbocycles. The molecule has 0 amide bonds. The Morgan fingerprint density at radius 2 is 1.06 bits per heavy atom. The second-order valence-electron chi connectivity index (χ2n) is 12.7. The molecule has 0 unspecified atom stereocenters. The molecule has 0 spiro atoms. The predicted octanol–water partition coefficient (Wildman–Crippen LogP) is 13.4. The number of para-hydroxylation sites is 1. The van der Waals surface area contributed by atoms with Crippen LogP contribution in [0.4, 0.5) is 17.1 Å². The predicted molar refractivity (Wildman–Crippen MR) is 210 cm³/mol. The topological polar surface area (TPSA) is 42.4 Å². The van der Waals surface area contributed by atoms with E-state index in [1.165, 1.54) is 21.9 Å². The molecule has 2 aromatic heterocycles. The van der Waals surface area contributed by atoms with Crippen LogP contribution in [0.25, 0.3) is 77.5 Å². The Bertz CT molecular complexity index is 2850. The molecule has 240 valence electrons. The van der Waals surface area contributed by atoms with E-state index in [1.54, 1.807) is 0 Å². The van der Waals surface area contributed by atoms with Crippen LogP contribution in [0.5, 0.6) is 0 Å². The van der Waals surface area contributed by atoms with Crippen LogP contribution in [0, 0.1) is 0 Å². The maximum Gasteiger partial charge on any atom is 0.227 e. The minimum absolute atomic E-state index is 0.590. The Morgan fingerprint density at radius 3 is 1.90 bits per heavy atom. The molecule has 0 saturated heterocycles. The molecule has 0 atom stereocenters. The van der Waals surface area contributed by atoms with Crippen LogP contribution in [0.1, 0.15) is 0 Å². The molecule has 0 aliphatic rings. The average molecular weight is 655 g/mol. The van der Waals surface area contributed by atoms with Crippen molar-refractivity contribution in [2.45, 2.75) is 0 Å². The van der Waals surface area contributed by atoms with Gasteiger partial charge < -0.3 is 13.7 Å². The summed E-state index contributed by atoms with van der Waals surface area (Å²) in [7, 11) is 0. The quantitative estimate of drug-likeness (QED) is 0.179. The molecule has 0 N–H and O–H groups in total. The lowest BCUT2D eigenvalue weighted by Gasteiger charge is -2.28.